The maximum atomic E-state index is 12.8. The molecular formula is C18H28ClN3O3S. The number of carbonyl (C=O) groups is 1. The Labute approximate surface area is 162 Å². The lowest BCUT2D eigenvalue weighted by Crippen LogP contribution is -2.60. The van der Waals surface area contributed by atoms with Crippen molar-refractivity contribution in [2.45, 2.75) is 43.4 Å². The van der Waals surface area contributed by atoms with Crippen molar-refractivity contribution in [3.05, 3.63) is 35.9 Å². The van der Waals surface area contributed by atoms with Gasteiger partial charge in [0.25, 0.3) is 0 Å². The largest absolute Gasteiger partial charge is 0.338 e. The molecule has 1 saturated carbocycles. The maximum Gasteiger partial charge on any atom is 0.242 e. The summed E-state index contributed by atoms with van der Waals surface area (Å²) >= 11 is 0. The van der Waals surface area contributed by atoms with Crippen molar-refractivity contribution in [2.75, 3.05) is 26.2 Å². The molecule has 1 aromatic rings. The molecule has 2 aliphatic rings. The van der Waals surface area contributed by atoms with E-state index < -0.39 is 15.6 Å². The highest BCUT2D eigenvalue weighted by Crippen LogP contribution is 2.28. The molecule has 1 aliphatic heterocycles. The van der Waals surface area contributed by atoms with Crippen molar-refractivity contribution in [1.82, 2.24) is 9.21 Å². The molecule has 1 amide bonds. The molecule has 0 aromatic heterocycles. The number of hydrogen-bond acceptors (Lipinski definition) is 4. The molecule has 2 fully saturated rings. The normalized spacial score (nSPS) is 21.0. The monoisotopic (exact) mass is 401 g/mol. The summed E-state index contributed by atoms with van der Waals surface area (Å²) in [5, 5.41) is 0. The van der Waals surface area contributed by atoms with Gasteiger partial charge in [-0.3, -0.25) is 4.79 Å². The first-order chi connectivity index (χ1) is 11.9. The van der Waals surface area contributed by atoms with Crippen LogP contribution in [0.4, 0.5) is 0 Å². The topological polar surface area (TPSA) is 83.7 Å². The third-order valence-corrected chi connectivity index (χ3v) is 7.13. The minimum atomic E-state index is -3.36. The molecule has 3 rings (SSSR count). The van der Waals surface area contributed by atoms with Gasteiger partial charge in [-0.15, -0.1) is 12.4 Å². The number of amides is 1. The van der Waals surface area contributed by atoms with Gasteiger partial charge in [0.15, 0.2) is 0 Å². The molecule has 146 valence electrons. The van der Waals surface area contributed by atoms with E-state index in [0.717, 1.165) is 37.7 Å². The Morgan fingerprint density at radius 2 is 1.58 bits per heavy atom. The van der Waals surface area contributed by atoms with E-state index in [9.17, 15) is 13.2 Å². The molecule has 0 bridgehead atoms. The molecule has 1 aromatic carbocycles. The van der Waals surface area contributed by atoms with Crippen LogP contribution in [0.3, 0.4) is 0 Å². The van der Waals surface area contributed by atoms with Crippen LogP contribution in [0.2, 0.25) is 0 Å². The molecular weight excluding hydrogens is 374 g/mol. The zero-order valence-electron chi connectivity index (χ0n) is 15.0. The van der Waals surface area contributed by atoms with Crippen LogP contribution in [0.25, 0.3) is 0 Å². The van der Waals surface area contributed by atoms with Gasteiger partial charge in [0.2, 0.25) is 15.9 Å². The van der Waals surface area contributed by atoms with E-state index in [1.165, 1.54) is 4.31 Å². The Morgan fingerprint density at radius 1 is 1.00 bits per heavy atom. The predicted octanol–water partition coefficient (Wildman–Crippen LogP) is 1.74. The summed E-state index contributed by atoms with van der Waals surface area (Å²) in [5.74, 6) is -0.00453. The van der Waals surface area contributed by atoms with Crippen LogP contribution in [0.5, 0.6) is 0 Å². The highest BCUT2D eigenvalue weighted by atomic mass is 35.5. The lowest BCUT2D eigenvalue weighted by atomic mass is 9.81. The fourth-order valence-corrected chi connectivity index (χ4v) is 5.27. The van der Waals surface area contributed by atoms with Crippen molar-refractivity contribution >= 4 is 28.3 Å². The first-order valence-electron chi connectivity index (χ1n) is 9.01. The fraction of sp³-hybridized carbons (Fsp3) is 0.611. The molecule has 0 unspecified atom stereocenters. The number of halogens is 1. The number of rotatable bonds is 4. The maximum absolute atomic E-state index is 12.8. The number of benzene rings is 1. The van der Waals surface area contributed by atoms with Crippen molar-refractivity contribution in [3.63, 3.8) is 0 Å². The number of nitrogens with two attached hydrogens (primary N) is 1. The van der Waals surface area contributed by atoms with Crippen LogP contribution < -0.4 is 5.73 Å². The number of hydrogen-bond donors (Lipinski definition) is 1. The van der Waals surface area contributed by atoms with Gasteiger partial charge in [-0.25, -0.2) is 8.42 Å². The van der Waals surface area contributed by atoms with Crippen LogP contribution in [0, 0.1) is 0 Å². The summed E-state index contributed by atoms with van der Waals surface area (Å²) in [6, 6.07) is 9.18. The van der Waals surface area contributed by atoms with Gasteiger partial charge < -0.3 is 10.6 Å². The molecule has 6 nitrogen and oxygen atoms in total. The summed E-state index contributed by atoms with van der Waals surface area (Å²) in [7, 11) is -3.36. The molecule has 1 heterocycles. The second-order valence-electron chi connectivity index (χ2n) is 7.15. The minimum Gasteiger partial charge on any atom is -0.338 e. The lowest BCUT2D eigenvalue weighted by molar-refractivity contribution is -0.139. The Balaban J connectivity index is 0.00000243. The third-order valence-electron chi connectivity index (χ3n) is 5.28. The Hall–Kier alpha value is -1.15. The molecule has 1 aliphatic carbocycles. The molecule has 1 saturated heterocycles. The van der Waals surface area contributed by atoms with Crippen molar-refractivity contribution in [3.8, 4) is 0 Å². The fourth-order valence-electron chi connectivity index (χ4n) is 3.76. The molecule has 0 spiro atoms. The quantitative estimate of drug-likeness (QED) is 0.832. The number of nitrogens with zero attached hydrogens (tertiary/aromatic N) is 2. The van der Waals surface area contributed by atoms with E-state index in [1.54, 1.807) is 4.90 Å². The summed E-state index contributed by atoms with van der Waals surface area (Å²) in [5.41, 5.74) is 6.37. The Kier molecular flexibility index (Phi) is 7.07. The van der Waals surface area contributed by atoms with Gasteiger partial charge in [-0.05, 0) is 18.4 Å². The van der Waals surface area contributed by atoms with Crippen LogP contribution in [-0.4, -0.2) is 55.2 Å². The van der Waals surface area contributed by atoms with Crippen LogP contribution >= 0.6 is 12.4 Å². The average Bonchev–Trinajstić information content (AvgIpc) is 2.62. The van der Waals surface area contributed by atoms with Crippen LogP contribution in [-0.2, 0) is 20.6 Å². The molecule has 26 heavy (non-hydrogen) atoms. The first-order valence-corrected chi connectivity index (χ1v) is 10.6. The van der Waals surface area contributed by atoms with Gasteiger partial charge in [-0.1, -0.05) is 49.6 Å². The van der Waals surface area contributed by atoms with E-state index in [1.807, 2.05) is 30.3 Å². The highest BCUT2D eigenvalue weighted by Gasteiger charge is 2.40. The SMILES string of the molecule is Cl.NC1(C(=O)N2CCN(S(=O)(=O)Cc3ccccc3)CC2)CCCCC1. The standard InChI is InChI=1S/C18H27N3O3S.ClH/c19-18(9-5-2-6-10-18)17(22)20-11-13-21(14-12-20)25(23,24)15-16-7-3-1-4-8-16;/h1,3-4,7-8H,2,5-6,9-15,19H2;1H. The van der Waals surface area contributed by atoms with Gasteiger partial charge in [0.1, 0.15) is 0 Å². The van der Waals surface area contributed by atoms with Crippen LogP contribution in [0.1, 0.15) is 37.7 Å². The number of carbonyl (C=O) groups excluding carboxylic acids is 1. The minimum absolute atomic E-state index is 0. The summed E-state index contributed by atoms with van der Waals surface area (Å²) in [4.78, 5) is 14.5. The molecule has 8 heteroatoms. The van der Waals surface area contributed by atoms with E-state index in [-0.39, 0.29) is 24.1 Å². The van der Waals surface area contributed by atoms with Crippen molar-refractivity contribution < 1.29 is 13.2 Å². The van der Waals surface area contributed by atoms with E-state index in [2.05, 4.69) is 0 Å². The number of sulfonamides is 1. The van der Waals surface area contributed by atoms with Crippen molar-refractivity contribution in [2.24, 2.45) is 5.73 Å². The van der Waals surface area contributed by atoms with Gasteiger partial charge in [-0.2, -0.15) is 4.31 Å². The smallest absolute Gasteiger partial charge is 0.242 e. The predicted molar refractivity (Wildman–Crippen MR) is 104 cm³/mol. The molecule has 0 radical (unpaired) electrons. The Morgan fingerprint density at radius 3 is 2.15 bits per heavy atom. The van der Waals surface area contributed by atoms with E-state index in [4.69, 9.17) is 5.73 Å². The summed E-state index contributed by atoms with van der Waals surface area (Å²) in [6.45, 7) is 1.53. The van der Waals surface area contributed by atoms with Crippen molar-refractivity contribution in [1.29, 1.82) is 0 Å². The zero-order valence-corrected chi connectivity index (χ0v) is 16.6. The second-order valence-corrected chi connectivity index (χ2v) is 9.12. The van der Waals surface area contributed by atoms with Crippen LogP contribution in [0.15, 0.2) is 30.3 Å². The summed E-state index contributed by atoms with van der Waals surface area (Å²) < 4.78 is 26.7. The highest BCUT2D eigenvalue weighted by molar-refractivity contribution is 7.88. The van der Waals surface area contributed by atoms with Gasteiger partial charge in [0, 0.05) is 26.2 Å². The summed E-state index contributed by atoms with van der Waals surface area (Å²) in [6.07, 6.45) is 4.59. The first kappa shape index (κ1) is 21.2. The Bertz CT molecular complexity index is 698. The second kappa shape index (κ2) is 8.69. The molecule has 2 N–H and O–H groups in total. The average molecular weight is 402 g/mol. The van der Waals surface area contributed by atoms with E-state index >= 15 is 0 Å². The third kappa shape index (κ3) is 4.76. The number of piperazine rings is 1. The molecule has 0 atom stereocenters. The zero-order chi connectivity index (χ0) is 17.9. The van der Waals surface area contributed by atoms with Gasteiger partial charge >= 0.3 is 0 Å². The lowest BCUT2D eigenvalue weighted by Gasteiger charge is -2.40. The van der Waals surface area contributed by atoms with E-state index in [0.29, 0.717) is 26.2 Å². The van der Waals surface area contributed by atoms with Gasteiger partial charge in [0.05, 0.1) is 11.3 Å².